The fourth-order valence-electron chi connectivity index (χ4n) is 3.95. The predicted octanol–water partition coefficient (Wildman–Crippen LogP) is 2.01. The summed E-state index contributed by atoms with van der Waals surface area (Å²) in [5.41, 5.74) is 1.67. The van der Waals surface area contributed by atoms with Crippen molar-refractivity contribution < 1.29 is 22.7 Å². The molecule has 1 aromatic carbocycles. The molecule has 0 radical (unpaired) electrons. The minimum atomic E-state index is -3.23. The van der Waals surface area contributed by atoms with Crippen molar-refractivity contribution in [3.8, 4) is 11.5 Å². The molecule has 26 heavy (non-hydrogen) atoms. The van der Waals surface area contributed by atoms with Crippen LogP contribution in [0.4, 0.5) is 0 Å². The van der Waals surface area contributed by atoms with Gasteiger partial charge < -0.3 is 14.3 Å². The van der Waals surface area contributed by atoms with Crippen LogP contribution in [0.25, 0.3) is 0 Å². The van der Waals surface area contributed by atoms with Crippen LogP contribution >= 0.6 is 0 Å². The van der Waals surface area contributed by atoms with Crippen LogP contribution < -0.4 is 9.47 Å². The summed E-state index contributed by atoms with van der Waals surface area (Å²) in [5.74, 6) is 1.35. The highest BCUT2D eigenvalue weighted by Gasteiger charge is 2.45. The lowest BCUT2D eigenvalue weighted by Crippen LogP contribution is -2.29. The second-order valence-corrected chi connectivity index (χ2v) is 9.18. The first-order valence-corrected chi connectivity index (χ1v) is 10.8. The van der Waals surface area contributed by atoms with Gasteiger partial charge in [0.1, 0.15) is 0 Å². The maximum absolute atomic E-state index is 11.8. The van der Waals surface area contributed by atoms with E-state index in [1.807, 2.05) is 18.2 Å². The molecule has 2 heterocycles. The van der Waals surface area contributed by atoms with Gasteiger partial charge >= 0.3 is 0 Å². The molecule has 1 aromatic rings. The van der Waals surface area contributed by atoms with Crippen LogP contribution in [0.3, 0.4) is 0 Å². The minimum Gasteiger partial charge on any atom is -0.493 e. The summed E-state index contributed by atoms with van der Waals surface area (Å²) in [7, 11) is -1.60. The molecule has 8 heteroatoms. The molecule has 4 rings (SSSR count). The number of nitrogens with zero attached hydrogens (tertiary/aromatic N) is 2. The number of methoxy groups -OCH3 is 1. The highest BCUT2D eigenvalue weighted by molar-refractivity contribution is 7.88. The van der Waals surface area contributed by atoms with Gasteiger partial charge in [0.2, 0.25) is 10.0 Å². The number of sulfonamides is 1. The first kappa shape index (κ1) is 17.6. The van der Waals surface area contributed by atoms with Crippen molar-refractivity contribution in [3.05, 3.63) is 23.8 Å². The number of hydrogen-bond donors (Lipinski definition) is 0. The summed E-state index contributed by atoms with van der Waals surface area (Å²) in [6.07, 6.45) is 5.74. The van der Waals surface area contributed by atoms with Crippen molar-refractivity contribution in [1.82, 2.24) is 4.31 Å². The van der Waals surface area contributed by atoms with E-state index in [1.165, 1.54) is 23.4 Å². The average Bonchev–Trinajstić information content (AvgIpc) is 3.30. The van der Waals surface area contributed by atoms with Crippen molar-refractivity contribution in [2.24, 2.45) is 11.1 Å². The summed E-state index contributed by atoms with van der Waals surface area (Å²) in [6, 6.07) is 5.73. The zero-order valence-corrected chi connectivity index (χ0v) is 15.9. The third-order valence-corrected chi connectivity index (χ3v) is 6.63. The van der Waals surface area contributed by atoms with Gasteiger partial charge in [-0.3, -0.25) is 0 Å². The molecular formula is C18H24N2O5S. The summed E-state index contributed by atoms with van der Waals surface area (Å²) >= 11 is 0. The first-order chi connectivity index (χ1) is 12.5. The van der Waals surface area contributed by atoms with E-state index in [1.54, 1.807) is 7.11 Å². The Kier molecular flexibility index (Phi) is 4.56. The molecule has 0 bridgehead atoms. The number of benzene rings is 1. The van der Waals surface area contributed by atoms with Crippen LogP contribution in [-0.2, 0) is 14.9 Å². The molecular weight excluding hydrogens is 356 g/mol. The number of hydrogen-bond acceptors (Lipinski definition) is 6. The van der Waals surface area contributed by atoms with Crippen LogP contribution in [0.5, 0.6) is 11.5 Å². The Morgan fingerprint density at radius 2 is 1.96 bits per heavy atom. The summed E-state index contributed by atoms with van der Waals surface area (Å²) in [6.45, 7) is 0.741. The van der Waals surface area contributed by atoms with Gasteiger partial charge in [0.05, 0.1) is 37.6 Å². The van der Waals surface area contributed by atoms with E-state index >= 15 is 0 Å². The van der Waals surface area contributed by atoms with Crippen molar-refractivity contribution in [2.45, 2.75) is 37.9 Å². The summed E-state index contributed by atoms with van der Waals surface area (Å²) < 4.78 is 36.7. The Labute approximate surface area is 154 Å². The van der Waals surface area contributed by atoms with Crippen LogP contribution in [0, 0.1) is 5.92 Å². The lowest BCUT2D eigenvalue weighted by molar-refractivity contribution is 0.0804. The minimum absolute atomic E-state index is 0.0579. The largest absolute Gasteiger partial charge is 0.493 e. The van der Waals surface area contributed by atoms with Gasteiger partial charge in [-0.25, -0.2) is 8.42 Å². The molecule has 2 fully saturated rings. The standard InChI is InChI=1S/C18H24N2O5S/c1-23-15-8-7-12(9-16(15)24-13-5-3-4-6-13)18-14-10-20(26(2,21)22)11-17(14)25-19-18/h7-9,13-14,17H,3-6,10-11H2,1-2H3. The lowest BCUT2D eigenvalue weighted by atomic mass is 9.94. The monoisotopic (exact) mass is 380 g/mol. The van der Waals surface area contributed by atoms with Crippen LogP contribution in [0.15, 0.2) is 23.4 Å². The molecule has 2 atom stereocenters. The zero-order valence-electron chi connectivity index (χ0n) is 15.1. The normalized spacial score (nSPS) is 26.5. The first-order valence-electron chi connectivity index (χ1n) is 8.99. The smallest absolute Gasteiger partial charge is 0.211 e. The number of oxime groups is 1. The fraction of sp³-hybridized carbons (Fsp3) is 0.611. The van der Waals surface area contributed by atoms with Gasteiger partial charge in [-0.2, -0.15) is 4.31 Å². The molecule has 0 aromatic heterocycles. The Morgan fingerprint density at radius 1 is 1.19 bits per heavy atom. The Balaban J connectivity index is 1.58. The lowest BCUT2D eigenvalue weighted by Gasteiger charge is -2.17. The third-order valence-electron chi connectivity index (χ3n) is 5.39. The van der Waals surface area contributed by atoms with E-state index in [0.29, 0.717) is 24.6 Å². The van der Waals surface area contributed by atoms with Gasteiger partial charge in [-0.15, -0.1) is 0 Å². The third kappa shape index (κ3) is 3.27. The second kappa shape index (κ2) is 6.74. The van der Waals surface area contributed by atoms with E-state index < -0.39 is 10.0 Å². The molecule has 0 N–H and O–H groups in total. The number of rotatable bonds is 5. The van der Waals surface area contributed by atoms with E-state index in [2.05, 4.69) is 5.16 Å². The Hall–Kier alpha value is -1.80. The average molecular weight is 380 g/mol. The summed E-state index contributed by atoms with van der Waals surface area (Å²) in [4.78, 5) is 5.51. The molecule has 2 aliphatic heterocycles. The zero-order chi connectivity index (χ0) is 18.3. The molecule has 7 nitrogen and oxygen atoms in total. The SMILES string of the molecule is COc1ccc(C2=NOC3CN(S(C)(=O)=O)CC23)cc1OC1CCCC1. The van der Waals surface area contributed by atoms with Crippen LogP contribution in [0.1, 0.15) is 31.2 Å². The molecule has 1 aliphatic carbocycles. The Bertz CT molecular complexity index is 817. The molecule has 3 aliphatic rings. The molecule has 1 saturated carbocycles. The van der Waals surface area contributed by atoms with E-state index in [0.717, 1.165) is 24.1 Å². The Morgan fingerprint density at radius 3 is 2.65 bits per heavy atom. The number of ether oxygens (including phenoxy) is 2. The fourth-order valence-corrected chi connectivity index (χ4v) is 4.80. The molecule has 2 unspecified atom stereocenters. The molecule has 0 amide bonds. The maximum Gasteiger partial charge on any atom is 0.211 e. The molecule has 142 valence electrons. The second-order valence-electron chi connectivity index (χ2n) is 7.20. The van der Waals surface area contributed by atoms with Gasteiger partial charge in [-0.1, -0.05) is 5.16 Å². The van der Waals surface area contributed by atoms with Gasteiger partial charge in [-0.05, 0) is 43.9 Å². The van der Waals surface area contributed by atoms with Crippen molar-refractivity contribution >= 4 is 15.7 Å². The topological polar surface area (TPSA) is 77.4 Å². The quantitative estimate of drug-likeness (QED) is 0.781. The van der Waals surface area contributed by atoms with E-state index in [-0.39, 0.29) is 18.1 Å². The number of fused-ring (bicyclic) bond motifs is 1. The van der Waals surface area contributed by atoms with Gasteiger partial charge in [0.25, 0.3) is 0 Å². The highest BCUT2D eigenvalue weighted by Crippen LogP contribution is 2.36. The van der Waals surface area contributed by atoms with E-state index in [4.69, 9.17) is 14.3 Å². The summed E-state index contributed by atoms with van der Waals surface area (Å²) in [5, 5.41) is 4.23. The van der Waals surface area contributed by atoms with Crippen LogP contribution in [0.2, 0.25) is 0 Å². The van der Waals surface area contributed by atoms with Crippen molar-refractivity contribution in [2.75, 3.05) is 26.5 Å². The van der Waals surface area contributed by atoms with Gasteiger partial charge in [0.15, 0.2) is 17.6 Å². The van der Waals surface area contributed by atoms with E-state index in [9.17, 15) is 8.42 Å². The molecule has 0 spiro atoms. The van der Waals surface area contributed by atoms with Gasteiger partial charge in [0, 0.05) is 12.1 Å². The maximum atomic E-state index is 11.8. The predicted molar refractivity (Wildman–Crippen MR) is 97.2 cm³/mol. The molecule has 1 saturated heterocycles. The van der Waals surface area contributed by atoms with Crippen molar-refractivity contribution in [3.63, 3.8) is 0 Å². The highest BCUT2D eigenvalue weighted by atomic mass is 32.2. The van der Waals surface area contributed by atoms with Crippen molar-refractivity contribution in [1.29, 1.82) is 0 Å². The van der Waals surface area contributed by atoms with Crippen LogP contribution in [-0.4, -0.2) is 57.1 Å².